The number of methoxy groups -OCH3 is 1. The summed E-state index contributed by atoms with van der Waals surface area (Å²) in [6, 6.07) is 7.22. The topological polar surface area (TPSA) is 84.9 Å². The molecule has 0 saturated carbocycles. The largest absolute Gasteiger partial charge is 0.496 e. The SMILES string of the molecule is COc1ccccc1C[C@H](CNC(=O)OC(C)(C)C)C(=O)O. The average molecular weight is 309 g/mol. The van der Waals surface area contributed by atoms with E-state index in [1.165, 1.54) is 7.11 Å². The highest BCUT2D eigenvalue weighted by molar-refractivity contribution is 5.73. The summed E-state index contributed by atoms with van der Waals surface area (Å²) < 4.78 is 10.3. The normalized spacial score (nSPS) is 12.4. The van der Waals surface area contributed by atoms with Gasteiger partial charge in [-0.15, -0.1) is 0 Å². The fourth-order valence-corrected chi connectivity index (χ4v) is 1.90. The summed E-state index contributed by atoms with van der Waals surface area (Å²) in [5.41, 5.74) is 0.161. The number of carbonyl (C=O) groups excluding carboxylic acids is 1. The summed E-state index contributed by atoms with van der Waals surface area (Å²) >= 11 is 0. The molecule has 0 aromatic heterocycles. The minimum Gasteiger partial charge on any atom is -0.496 e. The number of benzene rings is 1. The van der Waals surface area contributed by atoms with E-state index < -0.39 is 23.6 Å². The van der Waals surface area contributed by atoms with Crippen LogP contribution in [0.3, 0.4) is 0 Å². The van der Waals surface area contributed by atoms with Crippen molar-refractivity contribution < 1.29 is 24.2 Å². The summed E-state index contributed by atoms with van der Waals surface area (Å²) in [7, 11) is 1.54. The fourth-order valence-electron chi connectivity index (χ4n) is 1.90. The van der Waals surface area contributed by atoms with E-state index >= 15 is 0 Å². The third-order valence-corrected chi connectivity index (χ3v) is 2.90. The van der Waals surface area contributed by atoms with Crippen LogP contribution in [0.15, 0.2) is 24.3 Å². The van der Waals surface area contributed by atoms with Crippen LogP contribution in [0.5, 0.6) is 5.75 Å². The minimum atomic E-state index is -0.984. The van der Waals surface area contributed by atoms with Gasteiger partial charge in [-0.3, -0.25) is 4.79 Å². The number of amides is 1. The van der Waals surface area contributed by atoms with Gasteiger partial charge in [0, 0.05) is 6.54 Å². The maximum absolute atomic E-state index is 11.6. The third-order valence-electron chi connectivity index (χ3n) is 2.90. The Hall–Kier alpha value is -2.24. The standard InChI is InChI=1S/C16H23NO5/c1-16(2,3)22-15(20)17-10-12(14(18)19)9-11-7-5-6-8-13(11)21-4/h5-8,12H,9-10H2,1-4H3,(H,17,20)(H,18,19)/t12-/m1/s1. The molecule has 6 heteroatoms. The molecule has 0 aliphatic carbocycles. The first-order chi connectivity index (χ1) is 10.2. The average Bonchev–Trinajstić information content (AvgIpc) is 2.41. The first kappa shape index (κ1) is 17.8. The van der Waals surface area contributed by atoms with Crippen molar-refractivity contribution in [3.05, 3.63) is 29.8 Å². The second-order valence-electron chi connectivity index (χ2n) is 5.93. The molecule has 0 heterocycles. The van der Waals surface area contributed by atoms with Crippen molar-refractivity contribution in [3.8, 4) is 5.75 Å². The first-order valence-corrected chi connectivity index (χ1v) is 7.04. The van der Waals surface area contributed by atoms with Crippen LogP contribution >= 0.6 is 0 Å². The van der Waals surface area contributed by atoms with Crippen molar-refractivity contribution in [1.29, 1.82) is 0 Å². The molecular formula is C16H23NO5. The minimum absolute atomic E-state index is 0.0116. The summed E-state index contributed by atoms with van der Waals surface area (Å²) in [5.74, 6) is -1.11. The van der Waals surface area contributed by atoms with Crippen molar-refractivity contribution in [2.75, 3.05) is 13.7 Å². The Morgan fingerprint density at radius 3 is 2.45 bits per heavy atom. The number of hydrogen-bond acceptors (Lipinski definition) is 4. The van der Waals surface area contributed by atoms with E-state index in [-0.39, 0.29) is 13.0 Å². The van der Waals surface area contributed by atoms with Gasteiger partial charge in [0.2, 0.25) is 0 Å². The molecule has 0 aliphatic rings. The Morgan fingerprint density at radius 1 is 1.27 bits per heavy atom. The molecule has 0 saturated heterocycles. The first-order valence-electron chi connectivity index (χ1n) is 7.04. The van der Waals surface area contributed by atoms with Crippen LogP contribution in [0.1, 0.15) is 26.3 Å². The summed E-state index contributed by atoms with van der Waals surface area (Å²) in [6.07, 6.45) is -0.367. The van der Waals surface area contributed by atoms with Gasteiger partial charge in [0.15, 0.2) is 0 Å². The molecule has 0 spiro atoms. The molecule has 2 N–H and O–H groups in total. The van der Waals surface area contributed by atoms with Crippen molar-refractivity contribution in [2.24, 2.45) is 5.92 Å². The molecular weight excluding hydrogens is 286 g/mol. The van der Waals surface area contributed by atoms with Crippen LogP contribution in [0.4, 0.5) is 4.79 Å². The number of carboxylic acid groups (broad SMARTS) is 1. The Labute approximate surface area is 130 Å². The Bertz CT molecular complexity index is 522. The lowest BCUT2D eigenvalue weighted by Crippen LogP contribution is -2.37. The van der Waals surface area contributed by atoms with Crippen LogP contribution in [-0.2, 0) is 16.0 Å². The monoisotopic (exact) mass is 309 g/mol. The number of carboxylic acids is 1. The molecule has 1 rings (SSSR count). The van der Waals surface area contributed by atoms with Gasteiger partial charge < -0.3 is 19.9 Å². The van der Waals surface area contributed by atoms with Crippen LogP contribution in [0.2, 0.25) is 0 Å². The van der Waals surface area contributed by atoms with E-state index in [1.54, 1.807) is 26.8 Å². The molecule has 0 bridgehead atoms. The van der Waals surface area contributed by atoms with E-state index in [4.69, 9.17) is 9.47 Å². The van der Waals surface area contributed by atoms with Gasteiger partial charge in [0.25, 0.3) is 0 Å². The zero-order chi connectivity index (χ0) is 16.8. The molecule has 22 heavy (non-hydrogen) atoms. The number of carbonyl (C=O) groups is 2. The lowest BCUT2D eigenvalue weighted by atomic mass is 9.98. The fraction of sp³-hybridized carbons (Fsp3) is 0.500. The second kappa shape index (κ2) is 7.68. The molecule has 1 aromatic carbocycles. The number of rotatable bonds is 6. The lowest BCUT2D eigenvalue weighted by Gasteiger charge is -2.21. The van der Waals surface area contributed by atoms with Crippen LogP contribution in [0, 0.1) is 5.92 Å². The lowest BCUT2D eigenvalue weighted by molar-refractivity contribution is -0.141. The van der Waals surface area contributed by atoms with Gasteiger partial charge in [0.1, 0.15) is 11.4 Å². The highest BCUT2D eigenvalue weighted by Crippen LogP contribution is 2.21. The molecule has 0 radical (unpaired) electrons. The van der Waals surface area contributed by atoms with Gasteiger partial charge in [-0.1, -0.05) is 18.2 Å². The molecule has 1 atom stereocenters. The van der Waals surface area contributed by atoms with Crippen molar-refractivity contribution in [1.82, 2.24) is 5.32 Å². The molecule has 122 valence electrons. The zero-order valence-corrected chi connectivity index (χ0v) is 13.4. The number of aliphatic carboxylic acids is 1. The summed E-state index contributed by atoms with van der Waals surface area (Å²) in [6.45, 7) is 5.23. The van der Waals surface area contributed by atoms with Gasteiger partial charge in [-0.05, 0) is 38.8 Å². The quantitative estimate of drug-likeness (QED) is 0.843. The smallest absolute Gasteiger partial charge is 0.407 e. The van der Waals surface area contributed by atoms with Crippen molar-refractivity contribution in [3.63, 3.8) is 0 Å². The summed E-state index contributed by atoms with van der Waals surface area (Å²) in [5, 5.41) is 11.8. The number of para-hydroxylation sites is 1. The molecule has 0 unspecified atom stereocenters. The van der Waals surface area contributed by atoms with Crippen LogP contribution < -0.4 is 10.1 Å². The van der Waals surface area contributed by atoms with Gasteiger partial charge in [-0.2, -0.15) is 0 Å². The third kappa shape index (κ3) is 6.03. The van der Waals surface area contributed by atoms with Crippen molar-refractivity contribution >= 4 is 12.1 Å². The number of alkyl carbamates (subject to hydrolysis) is 1. The van der Waals surface area contributed by atoms with E-state index in [2.05, 4.69) is 5.32 Å². The van der Waals surface area contributed by atoms with E-state index in [0.717, 1.165) is 5.56 Å². The number of nitrogens with one attached hydrogen (secondary N) is 1. The molecule has 6 nitrogen and oxygen atoms in total. The Kier molecular flexibility index (Phi) is 6.22. The molecule has 1 aromatic rings. The highest BCUT2D eigenvalue weighted by atomic mass is 16.6. The number of hydrogen-bond donors (Lipinski definition) is 2. The predicted octanol–water partition coefficient (Wildman–Crippen LogP) is 2.46. The highest BCUT2D eigenvalue weighted by Gasteiger charge is 2.22. The van der Waals surface area contributed by atoms with Gasteiger partial charge >= 0.3 is 12.1 Å². The Balaban J connectivity index is 2.67. The predicted molar refractivity (Wildman–Crippen MR) is 82.1 cm³/mol. The maximum Gasteiger partial charge on any atom is 0.407 e. The van der Waals surface area contributed by atoms with Crippen LogP contribution in [-0.4, -0.2) is 36.4 Å². The molecule has 0 aliphatic heterocycles. The zero-order valence-electron chi connectivity index (χ0n) is 13.4. The van der Waals surface area contributed by atoms with Gasteiger partial charge in [-0.25, -0.2) is 4.79 Å². The van der Waals surface area contributed by atoms with E-state index in [1.807, 2.05) is 18.2 Å². The molecule has 0 fully saturated rings. The second-order valence-corrected chi connectivity index (χ2v) is 5.93. The number of ether oxygens (including phenoxy) is 2. The van der Waals surface area contributed by atoms with E-state index in [0.29, 0.717) is 5.75 Å². The maximum atomic E-state index is 11.6. The van der Waals surface area contributed by atoms with Crippen molar-refractivity contribution in [2.45, 2.75) is 32.8 Å². The van der Waals surface area contributed by atoms with Gasteiger partial charge in [0.05, 0.1) is 13.0 Å². The van der Waals surface area contributed by atoms with E-state index in [9.17, 15) is 14.7 Å². The van der Waals surface area contributed by atoms with Crippen LogP contribution in [0.25, 0.3) is 0 Å². The Morgan fingerprint density at radius 2 is 1.91 bits per heavy atom. The molecule has 1 amide bonds. The summed E-state index contributed by atoms with van der Waals surface area (Å²) in [4.78, 5) is 23.0.